The van der Waals surface area contributed by atoms with E-state index in [1.165, 1.54) is 19.3 Å². The van der Waals surface area contributed by atoms with Gasteiger partial charge in [0.05, 0.1) is 0 Å². The van der Waals surface area contributed by atoms with E-state index in [1.54, 1.807) is 6.33 Å². The Morgan fingerprint density at radius 2 is 2.33 bits per heavy atom. The molecule has 1 aromatic heterocycles. The molecule has 0 fully saturated rings. The fraction of sp³-hybridized carbons (Fsp3) is 0.818. The van der Waals surface area contributed by atoms with Crippen LogP contribution in [0.1, 0.15) is 38.9 Å². The Morgan fingerprint density at radius 3 is 2.93 bits per heavy atom. The zero-order chi connectivity index (χ0) is 11.1. The van der Waals surface area contributed by atoms with Gasteiger partial charge in [0.15, 0.2) is 0 Å². The summed E-state index contributed by atoms with van der Waals surface area (Å²) in [4.78, 5) is 4.19. The smallest absolute Gasteiger partial charge is 0.138 e. The van der Waals surface area contributed by atoms with E-state index < -0.39 is 0 Å². The molecule has 0 aliphatic rings. The maximum absolute atomic E-state index is 4.19. The second kappa shape index (κ2) is 6.56. The van der Waals surface area contributed by atoms with Gasteiger partial charge in [0.2, 0.25) is 0 Å². The van der Waals surface area contributed by atoms with Crippen molar-refractivity contribution in [3.63, 3.8) is 0 Å². The summed E-state index contributed by atoms with van der Waals surface area (Å²) in [6.07, 6.45) is 6.39. The summed E-state index contributed by atoms with van der Waals surface area (Å²) in [6, 6.07) is 0.609. The first-order valence-electron chi connectivity index (χ1n) is 5.80. The van der Waals surface area contributed by atoms with E-state index in [0.717, 1.165) is 18.8 Å². The lowest BCUT2D eigenvalue weighted by Gasteiger charge is -2.12. The lowest BCUT2D eigenvalue weighted by molar-refractivity contribution is 0.492. The number of unbranched alkanes of at least 4 members (excludes halogenated alkanes) is 1. The largest absolute Gasteiger partial charge is 0.314 e. The summed E-state index contributed by atoms with van der Waals surface area (Å²) in [6.45, 7) is 5.45. The predicted octanol–water partition coefficient (Wildman–Crippen LogP) is 1.53. The van der Waals surface area contributed by atoms with Crippen LogP contribution >= 0.6 is 0 Å². The minimum absolute atomic E-state index is 0.609. The fourth-order valence-corrected chi connectivity index (χ4v) is 1.59. The Bertz CT molecular complexity index is 269. The monoisotopic (exact) mass is 210 g/mol. The highest BCUT2D eigenvalue weighted by atomic mass is 15.3. The highest BCUT2D eigenvalue weighted by Gasteiger charge is 2.02. The first kappa shape index (κ1) is 12.2. The Morgan fingerprint density at radius 1 is 1.53 bits per heavy atom. The normalized spacial score (nSPS) is 13.0. The number of rotatable bonds is 7. The van der Waals surface area contributed by atoms with Crippen LogP contribution in [0.15, 0.2) is 6.33 Å². The van der Waals surface area contributed by atoms with E-state index in [-0.39, 0.29) is 0 Å². The Hall–Kier alpha value is -0.900. The molecule has 0 aromatic carbocycles. The molecular weight excluding hydrogens is 188 g/mol. The van der Waals surface area contributed by atoms with E-state index in [1.807, 2.05) is 11.7 Å². The van der Waals surface area contributed by atoms with Crippen LogP contribution < -0.4 is 5.32 Å². The van der Waals surface area contributed by atoms with Gasteiger partial charge >= 0.3 is 0 Å². The van der Waals surface area contributed by atoms with E-state index in [0.29, 0.717) is 6.04 Å². The van der Waals surface area contributed by atoms with Gasteiger partial charge in [-0.1, -0.05) is 19.8 Å². The molecule has 1 unspecified atom stereocenters. The number of aryl methyl sites for hydroxylation is 1. The third kappa shape index (κ3) is 4.42. The average molecular weight is 210 g/mol. The first-order chi connectivity index (χ1) is 7.24. The van der Waals surface area contributed by atoms with Crippen LogP contribution in [-0.2, 0) is 13.5 Å². The molecule has 0 radical (unpaired) electrons. The van der Waals surface area contributed by atoms with Gasteiger partial charge in [-0.2, -0.15) is 5.10 Å². The van der Waals surface area contributed by atoms with Crippen molar-refractivity contribution in [2.45, 2.75) is 45.6 Å². The zero-order valence-electron chi connectivity index (χ0n) is 10.0. The van der Waals surface area contributed by atoms with Crippen molar-refractivity contribution < 1.29 is 0 Å². The van der Waals surface area contributed by atoms with Gasteiger partial charge in [-0.25, -0.2) is 4.98 Å². The van der Waals surface area contributed by atoms with E-state index in [2.05, 4.69) is 29.2 Å². The van der Waals surface area contributed by atoms with E-state index >= 15 is 0 Å². The maximum atomic E-state index is 4.19. The van der Waals surface area contributed by atoms with Gasteiger partial charge in [-0.05, 0) is 13.3 Å². The molecule has 4 heteroatoms. The summed E-state index contributed by atoms with van der Waals surface area (Å²) in [7, 11) is 1.93. The Balaban J connectivity index is 2.13. The van der Waals surface area contributed by atoms with Gasteiger partial charge in [-0.15, -0.1) is 0 Å². The maximum Gasteiger partial charge on any atom is 0.138 e. The quantitative estimate of drug-likeness (QED) is 0.742. The fourth-order valence-electron chi connectivity index (χ4n) is 1.59. The summed E-state index contributed by atoms with van der Waals surface area (Å²) < 4.78 is 1.83. The molecule has 0 bridgehead atoms. The molecule has 4 nitrogen and oxygen atoms in total. The van der Waals surface area contributed by atoms with Crippen molar-refractivity contribution in [2.24, 2.45) is 7.05 Å². The molecular formula is C11H22N4. The van der Waals surface area contributed by atoms with Gasteiger partial charge in [0.25, 0.3) is 0 Å². The number of aromatic nitrogens is 3. The molecule has 0 saturated carbocycles. The number of nitrogens with one attached hydrogen (secondary N) is 1. The zero-order valence-corrected chi connectivity index (χ0v) is 10.0. The summed E-state index contributed by atoms with van der Waals surface area (Å²) in [5.74, 6) is 1.05. The second-order valence-electron chi connectivity index (χ2n) is 4.05. The second-order valence-corrected chi connectivity index (χ2v) is 4.05. The number of nitrogens with zero attached hydrogens (tertiary/aromatic N) is 3. The molecule has 1 N–H and O–H groups in total. The van der Waals surface area contributed by atoms with Crippen LogP contribution in [0, 0.1) is 0 Å². The molecule has 86 valence electrons. The van der Waals surface area contributed by atoms with E-state index in [4.69, 9.17) is 0 Å². The standard InChI is InChI=1S/C11H22N4/c1-4-5-6-10(2)12-8-7-11-13-9-14-15(11)3/h9-10,12H,4-8H2,1-3H3. The van der Waals surface area contributed by atoms with Crippen molar-refractivity contribution in [1.29, 1.82) is 0 Å². The van der Waals surface area contributed by atoms with Crippen molar-refractivity contribution in [3.05, 3.63) is 12.2 Å². The summed E-state index contributed by atoms with van der Waals surface area (Å²) in [5, 5.41) is 7.54. The van der Waals surface area contributed by atoms with Crippen molar-refractivity contribution >= 4 is 0 Å². The number of hydrogen-bond donors (Lipinski definition) is 1. The predicted molar refractivity (Wildman–Crippen MR) is 61.7 cm³/mol. The third-order valence-corrected chi connectivity index (χ3v) is 2.64. The third-order valence-electron chi connectivity index (χ3n) is 2.64. The molecule has 0 aliphatic carbocycles. The van der Waals surface area contributed by atoms with Gasteiger partial charge in [0.1, 0.15) is 12.2 Å². The highest BCUT2D eigenvalue weighted by molar-refractivity contribution is 4.84. The SMILES string of the molecule is CCCCC(C)NCCc1ncnn1C. The summed E-state index contributed by atoms with van der Waals surface area (Å²) in [5.41, 5.74) is 0. The molecule has 1 rings (SSSR count). The topological polar surface area (TPSA) is 42.7 Å². The molecule has 0 amide bonds. The molecule has 1 heterocycles. The Labute approximate surface area is 92.1 Å². The molecule has 0 aliphatic heterocycles. The molecule has 0 saturated heterocycles. The van der Waals surface area contributed by atoms with Crippen LogP contribution in [-0.4, -0.2) is 27.4 Å². The average Bonchev–Trinajstić information content (AvgIpc) is 2.61. The first-order valence-corrected chi connectivity index (χ1v) is 5.80. The molecule has 0 spiro atoms. The van der Waals surface area contributed by atoms with Crippen LogP contribution in [0.2, 0.25) is 0 Å². The van der Waals surface area contributed by atoms with Gasteiger partial charge in [-0.3, -0.25) is 4.68 Å². The highest BCUT2D eigenvalue weighted by Crippen LogP contribution is 1.99. The lowest BCUT2D eigenvalue weighted by atomic mass is 10.1. The minimum atomic E-state index is 0.609. The van der Waals surface area contributed by atoms with E-state index in [9.17, 15) is 0 Å². The van der Waals surface area contributed by atoms with Crippen LogP contribution in [0.5, 0.6) is 0 Å². The lowest BCUT2D eigenvalue weighted by Crippen LogP contribution is -2.28. The molecule has 15 heavy (non-hydrogen) atoms. The molecule has 1 atom stereocenters. The van der Waals surface area contributed by atoms with Crippen LogP contribution in [0.25, 0.3) is 0 Å². The minimum Gasteiger partial charge on any atom is -0.314 e. The van der Waals surface area contributed by atoms with Crippen LogP contribution in [0.4, 0.5) is 0 Å². The number of hydrogen-bond acceptors (Lipinski definition) is 3. The van der Waals surface area contributed by atoms with Gasteiger partial charge < -0.3 is 5.32 Å². The van der Waals surface area contributed by atoms with Crippen molar-refractivity contribution in [2.75, 3.05) is 6.54 Å². The summed E-state index contributed by atoms with van der Waals surface area (Å²) >= 11 is 0. The van der Waals surface area contributed by atoms with Crippen LogP contribution in [0.3, 0.4) is 0 Å². The van der Waals surface area contributed by atoms with Gasteiger partial charge in [0, 0.05) is 26.1 Å². The Kier molecular flexibility index (Phi) is 5.32. The van der Waals surface area contributed by atoms with Crippen molar-refractivity contribution in [3.8, 4) is 0 Å². The molecule has 1 aromatic rings. The van der Waals surface area contributed by atoms with Crippen molar-refractivity contribution in [1.82, 2.24) is 20.1 Å².